The zero-order valence-electron chi connectivity index (χ0n) is 17.3. The Hall–Kier alpha value is -2.35. The summed E-state index contributed by atoms with van der Waals surface area (Å²) in [5.74, 6) is 1.34. The van der Waals surface area contributed by atoms with Crippen molar-refractivity contribution in [3.63, 3.8) is 0 Å². The summed E-state index contributed by atoms with van der Waals surface area (Å²) in [5.41, 5.74) is 8.46. The van der Waals surface area contributed by atoms with Gasteiger partial charge in [-0.1, -0.05) is 56.7 Å². The molecule has 0 radical (unpaired) electrons. The lowest BCUT2D eigenvalue weighted by molar-refractivity contribution is -0.671. The molecule has 0 amide bonds. The lowest BCUT2D eigenvalue weighted by Crippen LogP contribution is -2.30. The van der Waals surface area contributed by atoms with E-state index in [-0.39, 0.29) is 5.41 Å². The highest BCUT2D eigenvalue weighted by Gasteiger charge is 2.41. The van der Waals surface area contributed by atoms with E-state index < -0.39 is 0 Å². The van der Waals surface area contributed by atoms with Crippen molar-refractivity contribution in [3.8, 4) is 17.1 Å². The van der Waals surface area contributed by atoms with Crippen LogP contribution in [-0.4, -0.2) is 4.57 Å². The minimum atomic E-state index is 0.212. The molecule has 2 aromatic carbocycles. The average Bonchev–Trinajstić information content (AvgIpc) is 3.21. The number of fused-ring (bicyclic) bond motifs is 3. The maximum Gasteiger partial charge on any atom is 0.295 e. The number of hydrogen-bond acceptors (Lipinski definition) is 0. The standard InChI is InChI=1S/C25H31N2/c1-6-25(7-2,8-3)23-17-26-16-20-11-9-10-12-21(20)24(26)27(23)22-14-13-18(4)15-19(22)5/h9-15,17H,6-8,16H2,1-5H3/q+1. The van der Waals surface area contributed by atoms with Gasteiger partial charge in [-0.05, 0) is 50.8 Å². The first-order chi connectivity index (χ1) is 13.0. The predicted octanol–water partition coefficient (Wildman–Crippen LogP) is 5.88. The van der Waals surface area contributed by atoms with Gasteiger partial charge in [0.05, 0.1) is 5.56 Å². The molecule has 27 heavy (non-hydrogen) atoms. The molecule has 0 unspecified atom stereocenters. The van der Waals surface area contributed by atoms with Crippen LogP contribution in [0.15, 0.2) is 48.7 Å². The molecule has 3 aromatic rings. The molecule has 0 fully saturated rings. The van der Waals surface area contributed by atoms with E-state index >= 15 is 0 Å². The Labute approximate surface area is 163 Å². The Morgan fingerprint density at radius 2 is 1.67 bits per heavy atom. The summed E-state index contributed by atoms with van der Waals surface area (Å²) in [6.45, 7) is 12.4. The highest BCUT2D eigenvalue weighted by molar-refractivity contribution is 5.64. The van der Waals surface area contributed by atoms with Crippen molar-refractivity contribution in [3.05, 3.63) is 71.0 Å². The zero-order valence-corrected chi connectivity index (χ0v) is 17.3. The normalized spacial score (nSPS) is 12.9. The SMILES string of the molecule is CCC(CC)(CC)c1c[n+]2c(n1-c1ccc(C)cc1C)-c1ccccc1C2. The highest BCUT2D eigenvalue weighted by Crippen LogP contribution is 2.40. The van der Waals surface area contributed by atoms with Crippen molar-refractivity contribution in [1.29, 1.82) is 0 Å². The Kier molecular flexibility index (Phi) is 4.46. The van der Waals surface area contributed by atoms with E-state index in [0.29, 0.717) is 0 Å². The number of aromatic nitrogens is 2. The number of nitrogens with zero attached hydrogens (tertiary/aromatic N) is 2. The van der Waals surface area contributed by atoms with Crippen LogP contribution in [0.5, 0.6) is 0 Å². The fourth-order valence-corrected chi connectivity index (χ4v) is 4.93. The lowest BCUT2D eigenvalue weighted by atomic mass is 9.77. The van der Waals surface area contributed by atoms with E-state index in [4.69, 9.17) is 0 Å². The second kappa shape index (κ2) is 6.67. The summed E-state index contributed by atoms with van der Waals surface area (Å²) in [4.78, 5) is 0. The second-order valence-electron chi connectivity index (χ2n) is 8.09. The Bertz CT molecular complexity index is 981. The van der Waals surface area contributed by atoms with E-state index in [9.17, 15) is 0 Å². The van der Waals surface area contributed by atoms with Crippen molar-refractivity contribution in [2.75, 3.05) is 0 Å². The highest BCUT2D eigenvalue weighted by atomic mass is 15.2. The molecule has 0 saturated carbocycles. The zero-order chi connectivity index (χ0) is 19.2. The summed E-state index contributed by atoms with van der Waals surface area (Å²) in [5, 5.41) is 0. The Balaban J connectivity index is 2.06. The maximum atomic E-state index is 2.57. The van der Waals surface area contributed by atoms with Crippen molar-refractivity contribution >= 4 is 0 Å². The average molecular weight is 360 g/mol. The Morgan fingerprint density at radius 3 is 2.33 bits per heavy atom. The second-order valence-corrected chi connectivity index (χ2v) is 8.09. The first-order valence-corrected chi connectivity index (χ1v) is 10.4. The van der Waals surface area contributed by atoms with Gasteiger partial charge in [0.15, 0.2) is 5.69 Å². The topological polar surface area (TPSA) is 8.81 Å². The van der Waals surface area contributed by atoms with Crippen molar-refractivity contribution < 1.29 is 4.57 Å². The number of imidazole rings is 1. The minimum absolute atomic E-state index is 0.212. The van der Waals surface area contributed by atoms with Crippen LogP contribution in [0, 0.1) is 13.8 Å². The third-order valence-corrected chi connectivity index (χ3v) is 6.77. The third kappa shape index (κ3) is 2.65. The van der Waals surface area contributed by atoms with E-state index in [1.54, 1.807) is 0 Å². The summed E-state index contributed by atoms with van der Waals surface area (Å²) < 4.78 is 5.03. The largest absolute Gasteiger partial charge is 0.295 e. The van der Waals surface area contributed by atoms with Crippen LogP contribution < -0.4 is 4.57 Å². The van der Waals surface area contributed by atoms with Crippen LogP contribution in [0.2, 0.25) is 0 Å². The Morgan fingerprint density at radius 1 is 0.963 bits per heavy atom. The van der Waals surface area contributed by atoms with E-state index in [0.717, 1.165) is 25.8 Å². The van der Waals surface area contributed by atoms with Gasteiger partial charge in [0, 0.05) is 11.0 Å². The molecule has 140 valence electrons. The molecule has 4 rings (SSSR count). The molecule has 2 nitrogen and oxygen atoms in total. The van der Waals surface area contributed by atoms with E-state index in [1.165, 1.54) is 39.5 Å². The molecule has 0 aliphatic carbocycles. The molecule has 1 aromatic heterocycles. The fourth-order valence-electron chi connectivity index (χ4n) is 4.93. The van der Waals surface area contributed by atoms with Crippen molar-refractivity contribution in [2.24, 2.45) is 0 Å². The van der Waals surface area contributed by atoms with Gasteiger partial charge in [-0.2, -0.15) is 4.57 Å². The molecule has 0 atom stereocenters. The number of rotatable bonds is 5. The molecule has 1 aliphatic rings. The first kappa shape index (κ1) is 18.0. The first-order valence-electron chi connectivity index (χ1n) is 10.4. The molecule has 0 bridgehead atoms. The molecule has 2 heteroatoms. The molecule has 0 spiro atoms. The van der Waals surface area contributed by atoms with Crippen LogP contribution in [0.25, 0.3) is 17.1 Å². The minimum Gasteiger partial charge on any atom is -0.225 e. The molecule has 0 N–H and O–H groups in total. The fraction of sp³-hybridized carbons (Fsp3) is 0.400. The van der Waals surface area contributed by atoms with Gasteiger partial charge in [0.25, 0.3) is 5.82 Å². The molecule has 1 aliphatic heterocycles. The predicted molar refractivity (Wildman–Crippen MR) is 113 cm³/mol. The van der Waals surface area contributed by atoms with E-state index in [1.807, 2.05) is 0 Å². The maximum absolute atomic E-state index is 2.57. The molecular formula is C25H31N2+. The lowest BCUT2D eigenvalue weighted by Gasteiger charge is -2.28. The molecule has 0 saturated heterocycles. The van der Waals surface area contributed by atoms with Crippen LogP contribution in [0.1, 0.15) is 62.4 Å². The number of hydrogen-bond donors (Lipinski definition) is 0. The monoisotopic (exact) mass is 359 g/mol. The van der Waals surface area contributed by atoms with Crippen molar-refractivity contribution in [1.82, 2.24) is 4.57 Å². The van der Waals surface area contributed by atoms with E-state index in [2.05, 4.69) is 92.4 Å². The van der Waals surface area contributed by atoms with Gasteiger partial charge in [-0.25, -0.2) is 4.57 Å². The van der Waals surface area contributed by atoms with Gasteiger partial charge in [-0.15, -0.1) is 0 Å². The van der Waals surface area contributed by atoms with Crippen molar-refractivity contribution in [2.45, 2.75) is 65.8 Å². The summed E-state index contributed by atoms with van der Waals surface area (Å²) in [6.07, 6.45) is 5.92. The van der Waals surface area contributed by atoms with Gasteiger partial charge in [-0.3, -0.25) is 0 Å². The quantitative estimate of drug-likeness (QED) is 0.394. The van der Waals surface area contributed by atoms with Crippen LogP contribution in [0.4, 0.5) is 0 Å². The van der Waals surface area contributed by atoms with Gasteiger partial charge in [0.1, 0.15) is 18.4 Å². The van der Waals surface area contributed by atoms with Crippen LogP contribution >= 0.6 is 0 Å². The summed E-state index contributed by atoms with van der Waals surface area (Å²) in [6, 6.07) is 15.7. The number of benzene rings is 2. The summed E-state index contributed by atoms with van der Waals surface area (Å²) in [7, 11) is 0. The molecular weight excluding hydrogens is 328 g/mol. The molecule has 2 heterocycles. The van der Waals surface area contributed by atoms with Crippen LogP contribution in [0.3, 0.4) is 0 Å². The smallest absolute Gasteiger partial charge is 0.225 e. The number of aryl methyl sites for hydroxylation is 2. The summed E-state index contributed by atoms with van der Waals surface area (Å²) >= 11 is 0. The van der Waals surface area contributed by atoms with Gasteiger partial charge < -0.3 is 0 Å². The third-order valence-electron chi connectivity index (χ3n) is 6.77. The van der Waals surface area contributed by atoms with Gasteiger partial charge in [0.2, 0.25) is 0 Å². The van der Waals surface area contributed by atoms with Crippen LogP contribution in [-0.2, 0) is 12.0 Å². The van der Waals surface area contributed by atoms with Gasteiger partial charge >= 0.3 is 0 Å².